The van der Waals surface area contributed by atoms with E-state index in [0.717, 1.165) is 16.4 Å². The van der Waals surface area contributed by atoms with Crippen LogP contribution in [-0.4, -0.2) is 30.2 Å². The summed E-state index contributed by atoms with van der Waals surface area (Å²) in [6.07, 6.45) is -1.05. The van der Waals surface area contributed by atoms with Crippen molar-refractivity contribution in [2.75, 3.05) is 12.4 Å². The molecule has 8 heteroatoms. The van der Waals surface area contributed by atoms with Crippen LogP contribution in [0.5, 0.6) is 5.75 Å². The minimum absolute atomic E-state index is 0.218. The summed E-state index contributed by atoms with van der Waals surface area (Å²) in [7, 11) is 1.51. The Morgan fingerprint density at radius 1 is 1.10 bits per heavy atom. The second-order valence-electron chi connectivity index (χ2n) is 6.88. The third-order valence-corrected chi connectivity index (χ3v) is 4.85. The fourth-order valence-electron chi connectivity index (χ4n) is 3.30. The number of aryl methyl sites for hydroxylation is 2. The van der Waals surface area contributed by atoms with E-state index in [2.05, 4.69) is 10.5 Å². The molecular weight excluding hydrogens is 388 g/mol. The van der Waals surface area contributed by atoms with E-state index in [1.54, 1.807) is 26.0 Å². The molecule has 2 aromatic carbocycles. The molecule has 154 valence electrons. The SMILES string of the molecule is COc1cc2c(cc1NC(=O)C(C)OC(=O)c1c(C)noc1C)oc1ccccc12. The maximum absolute atomic E-state index is 12.7. The first-order chi connectivity index (χ1) is 14.4. The average Bonchev–Trinajstić information content (AvgIpc) is 3.25. The zero-order valence-corrected chi connectivity index (χ0v) is 16.9. The van der Waals surface area contributed by atoms with Gasteiger partial charge in [-0.05, 0) is 32.9 Å². The Morgan fingerprint density at radius 3 is 2.57 bits per heavy atom. The number of amides is 1. The van der Waals surface area contributed by atoms with Crippen LogP contribution in [0.25, 0.3) is 21.9 Å². The Labute approximate surface area is 171 Å². The van der Waals surface area contributed by atoms with Crippen molar-refractivity contribution in [1.82, 2.24) is 5.16 Å². The second kappa shape index (κ2) is 7.55. The molecule has 0 saturated carbocycles. The molecule has 0 saturated heterocycles. The molecule has 8 nitrogen and oxygen atoms in total. The molecule has 0 spiro atoms. The highest BCUT2D eigenvalue weighted by Gasteiger charge is 2.25. The van der Waals surface area contributed by atoms with Crippen LogP contribution >= 0.6 is 0 Å². The Kier molecular flexibility index (Phi) is 4.91. The zero-order chi connectivity index (χ0) is 21.4. The number of anilines is 1. The molecule has 0 aliphatic heterocycles. The predicted molar refractivity (Wildman–Crippen MR) is 110 cm³/mol. The topological polar surface area (TPSA) is 104 Å². The number of para-hydroxylation sites is 1. The number of rotatable bonds is 5. The summed E-state index contributed by atoms with van der Waals surface area (Å²) in [4.78, 5) is 25.0. The number of methoxy groups -OCH3 is 1. The minimum Gasteiger partial charge on any atom is -0.495 e. The molecule has 1 amide bonds. The van der Waals surface area contributed by atoms with Gasteiger partial charge in [0.2, 0.25) is 0 Å². The number of esters is 1. The van der Waals surface area contributed by atoms with Crippen LogP contribution in [0.2, 0.25) is 0 Å². The zero-order valence-electron chi connectivity index (χ0n) is 16.9. The first-order valence-electron chi connectivity index (χ1n) is 9.33. The van der Waals surface area contributed by atoms with Gasteiger partial charge in [-0.25, -0.2) is 4.79 Å². The molecule has 2 aromatic heterocycles. The van der Waals surface area contributed by atoms with Crippen LogP contribution < -0.4 is 10.1 Å². The molecule has 0 bridgehead atoms. The lowest BCUT2D eigenvalue weighted by Crippen LogP contribution is -2.30. The summed E-state index contributed by atoms with van der Waals surface area (Å²) < 4.78 is 21.6. The van der Waals surface area contributed by atoms with E-state index in [-0.39, 0.29) is 5.56 Å². The number of ether oxygens (including phenoxy) is 2. The fourth-order valence-corrected chi connectivity index (χ4v) is 3.30. The number of carbonyl (C=O) groups is 2. The third-order valence-electron chi connectivity index (χ3n) is 4.85. The van der Waals surface area contributed by atoms with Crippen LogP contribution in [0.3, 0.4) is 0 Å². The van der Waals surface area contributed by atoms with Crippen LogP contribution in [0.15, 0.2) is 45.3 Å². The van der Waals surface area contributed by atoms with E-state index in [1.165, 1.54) is 14.0 Å². The van der Waals surface area contributed by atoms with Gasteiger partial charge >= 0.3 is 5.97 Å². The van der Waals surface area contributed by atoms with E-state index < -0.39 is 18.0 Å². The maximum Gasteiger partial charge on any atom is 0.344 e. The van der Waals surface area contributed by atoms with Gasteiger partial charge in [-0.2, -0.15) is 0 Å². The minimum atomic E-state index is -1.05. The van der Waals surface area contributed by atoms with Crippen molar-refractivity contribution in [2.45, 2.75) is 26.9 Å². The number of furan rings is 1. The van der Waals surface area contributed by atoms with Crippen LogP contribution in [0.4, 0.5) is 5.69 Å². The van der Waals surface area contributed by atoms with Gasteiger partial charge in [-0.3, -0.25) is 4.79 Å². The van der Waals surface area contributed by atoms with Gasteiger partial charge in [0.15, 0.2) is 6.10 Å². The summed E-state index contributed by atoms with van der Waals surface area (Å²) in [5, 5.41) is 8.28. The van der Waals surface area contributed by atoms with Gasteiger partial charge in [-0.15, -0.1) is 0 Å². The Morgan fingerprint density at radius 2 is 1.87 bits per heavy atom. The number of fused-ring (bicyclic) bond motifs is 3. The van der Waals surface area contributed by atoms with Gasteiger partial charge in [0.1, 0.15) is 28.2 Å². The highest BCUT2D eigenvalue weighted by molar-refractivity contribution is 6.08. The van der Waals surface area contributed by atoms with Crippen molar-refractivity contribution in [2.24, 2.45) is 0 Å². The van der Waals surface area contributed by atoms with Gasteiger partial charge in [0.05, 0.1) is 18.5 Å². The largest absolute Gasteiger partial charge is 0.495 e. The highest BCUT2D eigenvalue weighted by Crippen LogP contribution is 2.36. The lowest BCUT2D eigenvalue weighted by Gasteiger charge is -2.15. The fraction of sp³-hybridized carbons (Fsp3) is 0.227. The average molecular weight is 408 g/mol. The smallest absolute Gasteiger partial charge is 0.344 e. The van der Waals surface area contributed by atoms with Crippen molar-refractivity contribution in [3.05, 3.63) is 53.4 Å². The standard InChI is InChI=1S/C22H20N2O6/c1-11-20(12(2)30-24-11)22(26)28-13(3)21(25)23-16-10-18-15(9-19(16)27-4)14-7-5-6-8-17(14)29-18/h5-10,13H,1-4H3,(H,23,25). The number of hydrogen-bond acceptors (Lipinski definition) is 7. The summed E-state index contributed by atoms with van der Waals surface area (Å²) in [6.45, 7) is 4.72. The summed E-state index contributed by atoms with van der Waals surface area (Å²) in [5.41, 5.74) is 2.37. The number of carbonyl (C=O) groups excluding carboxylic acids is 2. The molecule has 1 N–H and O–H groups in total. The molecule has 4 rings (SSSR count). The molecule has 0 fully saturated rings. The van der Waals surface area contributed by atoms with Crippen LogP contribution in [0, 0.1) is 13.8 Å². The monoisotopic (exact) mass is 408 g/mol. The Hall–Kier alpha value is -3.81. The van der Waals surface area contributed by atoms with Crippen molar-refractivity contribution < 1.29 is 28.0 Å². The molecule has 2 heterocycles. The summed E-state index contributed by atoms with van der Waals surface area (Å²) >= 11 is 0. The van der Waals surface area contributed by atoms with Crippen molar-refractivity contribution in [1.29, 1.82) is 0 Å². The molecule has 30 heavy (non-hydrogen) atoms. The Bertz CT molecular complexity index is 1250. The summed E-state index contributed by atoms with van der Waals surface area (Å²) in [5.74, 6) is -0.383. The molecule has 4 aromatic rings. The van der Waals surface area contributed by atoms with Gasteiger partial charge in [-0.1, -0.05) is 23.4 Å². The third kappa shape index (κ3) is 3.36. The van der Waals surface area contributed by atoms with Gasteiger partial charge in [0, 0.05) is 16.8 Å². The number of benzene rings is 2. The van der Waals surface area contributed by atoms with E-state index in [9.17, 15) is 9.59 Å². The number of hydrogen-bond donors (Lipinski definition) is 1. The molecule has 1 unspecified atom stereocenters. The highest BCUT2D eigenvalue weighted by atomic mass is 16.5. The molecule has 0 radical (unpaired) electrons. The van der Waals surface area contributed by atoms with Gasteiger partial charge < -0.3 is 23.7 Å². The van der Waals surface area contributed by atoms with E-state index >= 15 is 0 Å². The normalized spacial score (nSPS) is 12.1. The predicted octanol–water partition coefficient (Wildman–Crippen LogP) is 4.38. The van der Waals surface area contributed by atoms with Crippen molar-refractivity contribution in [3.63, 3.8) is 0 Å². The number of aromatic nitrogens is 1. The lowest BCUT2D eigenvalue weighted by atomic mass is 10.1. The molecule has 0 aliphatic carbocycles. The van der Waals surface area contributed by atoms with E-state index in [0.29, 0.717) is 28.5 Å². The first-order valence-corrected chi connectivity index (χ1v) is 9.33. The van der Waals surface area contributed by atoms with E-state index in [1.807, 2.05) is 24.3 Å². The molecule has 1 atom stereocenters. The van der Waals surface area contributed by atoms with Crippen molar-refractivity contribution in [3.8, 4) is 5.75 Å². The van der Waals surface area contributed by atoms with Gasteiger partial charge in [0.25, 0.3) is 5.91 Å². The molecule has 0 aliphatic rings. The van der Waals surface area contributed by atoms with Crippen LogP contribution in [-0.2, 0) is 9.53 Å². The number of nitrogens with one attached hydrogen (secondary N) is 1. The second-order valence-corrected chi connectivity index (χ2v) is 6.88. The van der Waals surface area contributed by atoms with Crippen molar-refractivity contribution >= 4 is 39.5 Å². The molecular formula is C22H20N2O6. The quantitative estimate of drug-likeness (QED) is 0.489. The maximum atomic E-state index is 12.7. The first kappa shape index (κ1) is 19.5. The lowest BCUT2D eigenvalue weighted by molar-refractivity contribution is -0.123. The summed E-state index contributed by atoms with van der Waals surface area (Å²) in [6, 6.07) is 11.1. The Balaban J connectivity index is 1.57. The van der Waals surface area contributed by atoms with Crippen LogP contribution in [0.1, 0.15) is 28.7 Å². The number of nitrogens with zero attached hydrogens (tertiary/aromatic N) is 1. The van der Waals surface area contributed by atoms with E-state index in [4.69, 9.17) is 18.4 Å².